The van der Waals surface area contributed by atoms with Gasteiger partial charge in [0.15, 0.2) is 0 Å². The van der Waals surface area contributed by atoms with Crippen molar-refractivity contribution in [1.29, 1.82) is 0 Å². The Morgan fingerprint density at radius 3 is 2.83 bits per heavy atom. The molecule has 0 amide bonds. The topological polar surface area (TPSA) is 38.3 Å². The number of nitrogens with one attached hydrogen (secondary N) is 1. The fourth-order valence-corrected chi connectivity index (χ4v) is 1.14. The first-order valence-electron chi connectivity index (χ1n) is 4.72. The lowest BCUT2D eigenvalue weighted by Gasteiger charge is -2.26. The lowest BCUT2D eigenvalue weighted by molar-refractivity contribution is -0.143. The minimum absolute atomic E-state index is 0.106. The van der Waals surface area contributed by atoms with Crippen LogP contribution >= 0.6 is 0 Å². The van der Waals surface area contributed by atoms with Gasteiger partial charge >= 0.3 is 5.97 Å². The summed E-state index contributed by atoms with van der Waals surface area (Å²) in [6.45, 7) is 3.13. The molecule has 0 atom stereocenters. The van der Waals surface area contributed by atoms with Gasteiger partial charge in [-0.1, -0.05) is 13.3 Å². The van der Waals surface area contributed by atoms with Crippen molar-refractivity contribution in [1.82, 2.24) is 5.32 Å². The maximum absolute atomic E-state index is 10.7. The molecule has 12 heavy (non-hydrogen) atoms. The average molecular weight is 171 g/mol. The smallest absolute Gasteiger partial charge is 0.305 e. The Morgan fingerprint density at radius 1 is 1.58 bits per heavy atom. The van der Waals surface area contributed by atoms with Gasteiger partial charge in [-0.05, 0) is 12.8 Å². The summed E-state index contributed by atoms with van der Waals surface area (Å²) in [5.41, 5.74) is 0. The quantitative estimate of drug-likeness (QED) is 0.497. The number of rotatable bonds is 5. The Bertz CT molecular complexity index is 143. The van der Waals surface area contributed by atoms with Crippen LogP contribution in [0.2, 0.25) is 0 Å². The third-order valence-corrected chi connectivity index (χ3v) is 2.19. The number of hydrogen-bond acceptors (Lipinski definition) is 3. The average Bonchev–Trinajstić information content (AvgIpc) is 2.00. The van der Waals surface area contributed by atoms with Gasteiger partial charge in [0.05, 0.1) is 0 Å². The standard InChI is InChI=1S/C9H17NO2/c1-2-9(11)12-7-6-10-8-4-3-5-8/h8,10H,2-7H2,1H3. The molecule has 1 N–H and O–H groups in total. The Labute approximate surface area is 73.5 Å². The molecule has 0 radical (unpaired) electrons. The van der Waals surface area contributed by atoms with Gasteiger partial charge in [0.2, 0.25) is 0 Å². The molecular weight excluding hydrogens is 154 g/mol. The normalized spacial score (nSPS) is 17.1. The van der Waals surface area contributed by atoms with Crippen molar-refractivity contribution in [2.75, 3.05) is 13.2 Å². The summed E-state index contributed by atoms with van der Waals surface area (Å²) >= 11 is 0. The minimum Gasteiger partial charge on any atom is -0.464 e. The first kappa shape index (κ1) is 9.52. The first-order chi connectivity index (χ1) is 5.83. The molecule has 1 saturated carbocycles. The molecule has 70 valence electrons. The summed E-state index contributed by atoms with van der Waals surface area (Å²) in [5, 5.41) is 3.32. The second-order valence-electron chi connectivity index (χ2n) is 3.16. The first-order valence-corrected chi connectivity index (χ1v) is 4.72. The predicted molar refractivity (Wildman–Crippen MR) is 46.9 cm³/mol. The fourth-order valence-electron chi connectivity index (χ4n) is 1.14. The molecule has 0 spiro atoms. The van der Waals surface area contributed by atoms with E-state index in [0.29, 0.717) is 19.1 Å². The predicted octanol–water partition coefficient (Wildman–Crippen LogP) is 1.08. The molecule has 0 saturated heterocycles. The van der Waals surface area contributed by atoms with E-state index in [-0.39, 0.29) is 5.97 Å². The van der Waals surface area contributed by atoms with Crippen LogP contribution in [0.25, 0.3) is 0 Å². The van der Waals surface area contributed by atoms with Crippen molar-refractivity contribution in [2.45, 2.75) is 38.6 Å². The van der Waals surface area contributed by atoms with Crippen molar-refractivity contribution in [2.24, 2.45) is 0 Å². The lowest BCUT2D eigenvalue weighted by Crippen LogP contribution is -2.37. The molecule has 0 unspecified atom stereocenters. The number of ether oxygens (including phenoxy) is 1. The van der Waals surface area contributed by atoms with Gasteiger partial charge in [-0.3, -0.25) is 4.79 Å². The van der Waals surface area contributed by atoms with Crippen LogP contribution in [-0.2, 0) is 9.53 Å². The summed E-state index contributed by atoms with van der Waals surface area (Å²) in [7, 11) is 0. The number of carbonyl (C=O) groups excluding carboxylic acids is 1. The molecule has 0 bridgehead atoms. The Hall–Kier alpha value is -0.570. The monoisotopic (exact) mass is 171 g/mol. The third kappa shape index (κ3) is 3.22. The summed E-state index contributed by atoms with van der Waals surface area (Å²) < 4.78 is 4.91. The number of carbonyl (C=O) groups is 1. The Kier molecular flexibility index (Phi) is 4.08. The molecule has 1 fully saturated rings. The highest BCUT2D eigenvalue weighted by Crippen LogP contribution is 2.17. The molecule has 1 rings (SSSR count). The Balaban J connectivity index is 1.85. The number of esters is 1. The van der Waals surface area contributed by atoms with Gasteiger partial charge in [-0.2, -0.15) is 0 Å². The van der Waals surface area contributed by atoms with Crippen molar-refractivity contribution in [3.63, 3.8) is 0 Å². The van der Waals surface area contributed by atoms with Crippen LogP contribution in [0.3, 0.4) is 0 Å². The van der Waals surface area contributed by atoms with Crippen LogP contribution < -0.4 is 5.32 Å². The van der Waals surface area contributed by atoms with E-state index >= 15 is 0 Å². The number of hydrogen-bond donors (Lipinski definition) is 1. The molecular formula is C9H17NO2. The van der Waals surface area contributed by atoms with E-state index in [2.05, 4.69) is 5.32 Å². The van der Waals surface area contributed by atoms with E-state index < -0.39 is 0 Å². The molecule has 0 aliphatic heterocycles. The van der Waals surface area contributed by atoms with Crippen molar-refractivity contribution in [3.05, 3.63) is 0 Å². The molecule has 3 heteroatoms. The summed E-state index contributed by atoms with van der Waals surface area (Å²) in [6, 6.07) is 0.685. The van der Waals surface area contributed by atoms with Gasteiger partial charge in [0.1, 0.15) is 6.61 Å². The van der Waals surface area contributed by atoms with Crippen LogP contribution in [0.5, 0.6) is 0 Å². The van der Waals surface area contributed by atoms with Gasteiger partial charge in [-0.15, -0.1) is 0 Å². The zero-order chi connectivity index (χ0) is 8.81. The SMILES string of the molecule is CCC(=O)OCCNC1CCC1. The van der Waals surface area contributed by atoms with Gasteiger partial charge in [0.25, 0.3) is 0 Å². The minimum atomic E-state index is -0.106. The third-order valence-electron chi connectivity index (χ3n) is 2.19. The highest BCUT2D eigenvalue weighted by molar-refractivity contribution is 5.68. The Morgan fingerprint density at radius 2 is 2.33 bits per heavy atom. The summed E-state index contributed by atoms with van der Waals surface area (Å²) in [6.07, 6.45) is 4.37. The van der Waals surface area contributed by atoms with E-state index in [1.165, 1.54) is 19.3 Å². The van der Waals surface area contributed by atoms with Crippen molar-refractivity contribution < 1.29 is 9.53 Å². The zero-order valence-corrected chi connectivity index (χ0v) is 7.64. The molecule has 0 aromatic heterocycles. The van der Waals surface area contributed by atoms with Crippen LogP contribution in [0, 0.1) is 0 Å². The maximum Gasteiger partial charge on any atom is 0.305 e. The van der Waals surface area contributed by atoms with Gasteiger partial charge < -0.3 is 10.1 Å². The van der Waals surface area contributed by atoms with Crippen molar-refractivity contribution >= 4 is 5.97 Å². The highest BCUT2D eigenvalue weighted by Gasteiger charge is 2.15. The fraction of sp³-hybridized carbons (Fsp3) is 0.889. The van der Waals surface area contributed by atoms with Crippen LogP contribution in [-0.4, -0.2) is 25.2 Å². The van der Waals surface area contributed by atoms with Gasteiger partial charge in [-0.25, -0.2) is 0 Å². The van der Waals surface area contributed by atoms with E-state index in [0.717, 1.165) is 6.54 Å². The van der Waals surface area contributed by atoms with Crippen LogP contribution in [0.1, 0.15) is 32.6 Å². The maximum atomic E-state index is 10.7. The zero-order valence-electron chi connectivity index (χ0n) is 7.64. The molecule has 0 heterocycles. The van der Waals surface area contributed by atoms with E-state index in [4.69, 9.17) is 4.74 Å². The molecule has 1 aliphatic carbocycles. The van der Waals surface area contributed by atoms with E-state index in [9.17, 15) is 4.79 Å². The second-order valence-corrected chi connectivity index (χ2v) is 3.16. The van der Waals surface area contributed by atoms with Crippen LogP contribution in [0.4, 0.5) is 0 Å². The van der Waals surface area contributed by atoms with Crippen LogP contribution in [0.15, 0.2) is 0 Å². The van der Waals surface area contributed by atoms with E-state index in [1.807, 2.05) is 6.92 Å². The summed E-state index contributed by atoms with van der Waals surface area (Å²) in [4.78, 5) is 10.7. The molecule has 1 aliphatic rings. The summed E-state index contributed by atoms with van der Waals surface area (Å²) in [5.74, 6) is -0.106. The molecule has 3 nitrogen and oxygen atoms in total. The second kappa shape index (κ2) is 5.14. The van der Waals surface area contributed by atoms with E-state index in [1.54, 1.807) is 0 Å². The molecule has 0 aromatic rings. The largest absolute Gasteiger partial charge is 0.464 e. The van der Waals surface area contributed by atoms with Gasteiger partial charge in [0, 0.05) is 19.0 Å². The van der Waals surface area contributed by atoms with Crippen molar-refractivity contribution in [3.8, 4) is 0 Å². The lowest BCUT2D eigenvalue weighted by atomic mass is 9.93. The highest BCUT2D eigenvalue weighted by atomic mass is 16.5. The molecule has 0 aromatic carbocycles.